The first-order valence-electron chi connectivity index (χ1n) is 19.2. The minimum absolute atomic E-state index is 0.00435. The van der Waals surface area contributed by atoms with Crippen molar-refractivity contribution in [2.45, 2.75) is 172 Å². The summed E-state index contributed by atoms with van der Waals surface area (Å²) in [6, 6.07) is 0. The molecule has 8 atom stereocenters. The van der Waals surface area contributed by atoms with Crippen LogP contribution in [0.1, 0.15) is 161 Å². The summed E-state index contributed by atoms with van der Waals surface area (Å²) >= 11 is 0. The van der Waals surface area contributed by atoms with Crippen LogP contribution in [0.25, 0.3) is 0 Å². The number of fused-ring (bicyclic) bond motifs is 7. The highest BCUT2D eigenvalue weighted by molar-refractivity contribution is 6.07. The summed E-state index contributed by atoms with van der Waals surface area (Å²) in [5.74, 6) is 1.11. The number of allylic oxidation sites excluding steroid dienone is 2. The molecule has 0 spiro atoms. The van der Waals surface area contributed by atoms with Gasteiger partial charge < -0.3 is 9.47 Å². The molecule has 0 N–H and O–H groups in total. The monoisotopic (exact) mass is 666 g/mol. The van der Waals surface area contributed by atoms with Crippen LogP contribution in [-0.4, -0.2) is 35.2 Å². The summed E-state index contributed by atoms with van der Waals surface area (Å²) in [6.07, 6.45) is 8.61. The van der Waals surface area contributed by atoms with Crippen molar-refractivity contribution >= 4 is 23.5 Å². The van der Waals surface area contributed by atoms with Crippen LogP contribution in [0.3, 0.4) is 0 Å². The molecule has 0 radical (unpaired) electrons. The van der Waals surface area contributed by atoms with Crippen LogP contribution in [0.5, 0.6) is 0 Å². The lowest BCUT2D eigenvalue weighted by Gasteiger charge is -2.72. The largest absolute Gasteiger partial charge is 0.462 e. The van der Waals surface area contributed by atoms with E-state index in [1.54, 1.807) is 13.8 Å². The molecule has 0 amide bonds. The number of Topliss-reactive ketones (excluding diaryl/α,β-unsaturated/α-hetero) is 2. The molecule has 5 aliphatic carbocycles. The molecule has 0 bridgehead atoms. The van der Waals surface area contributed by atoms with E-state index in [4.69, 9.17) is 9.47 Å². The fraction of sp³-hybridized carbons (Fsp3) is 0.857. The van der Waals surface area contributed by atoms with E-state index in [2.05, 4.69) is 48.5 Å². The van der Waals surface area contributed by atoms with Crippen LogP contribution in [-0.2, 0) is 28.7 Å². The molecule has 6 heteroatoms. The number of hydrogen-bond acceptors (Lipinski definition) is 6. The Morgan fingerprint density at radius 1 is 0.833 bits per heavy atom. The maximum atomic E-state index is 13.8. The van der Waals surface area contributed by atoms with Crippen molar-refractivity contribution in [1.29, 1.82) is 0 Å². The zero-order chi connectivity index (χ0) is 36.0. The minimum Gasteiger partial charge on any atom is -0.462 e. The predicted molar refractivity (Wildman–Crippen MR) is 189 cm³/mol. The van der Waals surface area contributed by atoms with Crippen LogP contribution in [0, 0.1) is 56.2 Å². The fourth-order valence-corrected chi connectivity index (χ4v) is 12.5. The third-order valence-electron chi connectivity index (χ3n) is 15.0. The molecular weight excluding hydrogens is 600 g/mol. The van der Waals surface area contributed by atoms with Gasteiger partial charge in [0.25, 0.3) is 0 Å². The summed E-state index contributed by atoms with van der Waals surface area (Å²) in [5.41, 5.74) is 0.0519. The van der Waals surface area contributed by atoms with Gasteiger partial charge in [-0.05, 0) is 137 Å². The number of rotatable bonds is 7. The van der Waals surface area contributed by atoms with E-state index in [0.29, 0.717) is 24.7 Å². The average molecular weight is 667 g/mol. The second-order valence-corrected chi connectivity index (χ2v) is 20.0. The lowest BCUT2D eigenvalue weighted by atomic mass is 9.33. The van der Waals surface area contributed by atoms with Crippen molar-refractivity contribution in [2.75, 3.05) is 0 Å². The van der Waals surface area contributed by atoms with Gasteiger partial charge in [-0.1, -0.05) is 55.4 Å². The van der Waals surface area contributed by atoms with Crippen molar-refractivity contribution in [2.24, 2.45) is 56.2 Å². The van der Waals surface area contributed by atoms with Gasteiger partial charge in [0.15, 0.2) is 5.78 Å². The maximum Gasteiger partial charge on any atom is 0.312 e. The zero-order valence-electron chi connectivity index (χ0n) is 32.6. The Balaban J connectivity index is 1.40. The smallest absolute Gasteiger partial charge is 0.312 e. The van der Waals surface area contributed by atoms with E-state index in [1.807, 2.05) is 27.7 Å². The van der Waals surface area contributed by atoms with Crippen LogP contribution in [0.15, 0.2) is 11.1 Å². The Labute approximate surface area is 291 Å². The van der Waals surface area contributed by atoms with Gasteiger partial charge in [0.05, 0.1) is 17.3 Å². The van der Waals surface area contributed by atoms with Gasteiger partial charge in [-0.3, -0.25) is 19.2 Å². The summed E-state index contributed by atoms with van der Waals surface area (Å²) in [5, 5.41) is 0. The van der Waals surface area contributed by atoms with Crippen molar-refractivity contribution in [3.63, 3.8) is 0 Å². The van der Waals surface area contributed by atoms with Crippen LogP contribution in [0.2, 0.25) is 0 Å². The number of carbonyl (C=O) groups excluding carboxylic acids is 4. The Bertz CT molecular complexity index is 1390. The fourth-order valence-electron chi connectivity index (χ4n) is 12.5. The lowest BCUT2D eigenvalue weighted by Crippen LogP contribution is -2.66. The van der Waals surface area contributed by atoms with Crippen molar-refractivity contribution in [3.8, 4) is 0 Å². The van der Waals surface area contributed by atoms with E-state index in [9.17, 15) is 19.2 Å². The first kappa shape index (κ1) is 37.3. The molecule has 0 heterocycles. The maximum absolute atomic E-state index is 13.8. The molecule has 0 saturated heterocycles. The van der Waals surface area contributed by atoms with E-state index >= 15 is 0 Å². The second-order valence-electron chi connectivity index (χ2n) is 20.0. The van der Waals surface area contributed by atoms with Gasteiger partial charge in [0, 0.05) is 18.3 Å². The molecule has 5 aliphatic rings. The molecule has 0 aliphatic heterocycles. The van der Waals surface area contributed by atoms with Crippen LogP contribution in [0.4, 0.5) is 0 Å². The topological polar surface area (TPSA) is 86.7 Å². The average Bonchev–Trinajstić information content (AvgIpc) is 3.26. The molecule has 48 heavy (non-hydrogen) atoms. The summed E-state index contributed by atoms with van der Waals surface area (Å²) in [7, 11) is 0. The van der Waals surface area contributed by atoms with E-state index in [1.165, 1.54) is 5.57 Å². The summed E-state index contributed by atoms with van der Waals surface area (Å²) in [4.78, 5) is 53.7. The van der Waals surface area contributed by atoms with Gasteiger partial charge >= 0.3 is 11.9 Å². The molecule has 4 fully saturated rings. The second kappa shape index (κ2) is 11.8. The van der Waals surface area contributed by atoms with Crippen LogP contribution < -0.4 is 0 Å². The highest BCUT2D eigenvalue weighted by atomic mass is 16.6. The number of ketones is 2. The molecule has 0 aromatic heterocycles. The summed E-state index contributed by atoms with van der Waals surface area (Å²) < 4.78 is 11.9. The molecule has 0 aromatic carbocycles. The normalized spacial score (nSPS) is 39.2. The van der Waals surface area contributed by atoms with Gasteiger partial charge in [-0.25, -0.2) is 0 Å². The van der Waals surface area contributed by atoms with Crippen molar-refractivity contribution in [1.82, 2.24) is 0 Å². The first-order chi connectivity index (χ1) is 21.9. The molecule has 5 rings (SSSR count). The van der Waals surface area contributed by atoms with E-state index < -0.39 is 16.4 Å². The van der Waals surface area contributed by atoms with E-state index in [-0.39, 0.29) is 69.5 Å². The highest BCUT2D eigenvalue weighted by Gasteiger charge is 2.70. The minimum atomic E-state index is -0.966. The Hall–Kier alpha value is -1.98. The molecule has 6 nitrogen and oxygen atoms in total. The van der Waals surface area contributed by atoms with Gasteiger partial charge in [-0.2, -0.15) is 0 Å². The predicted octanol–water partition coefficient (Wildman–Crippen LogP) is 9.62. The molecule has 4 saturated carbocycles. The number of ether oxygens (including phenoxy) is 2. The van der Waals surface area contributed by atoms with Crippen LogP contribution >= 0.6 is 0 Å². The Morgan fingerprint density at radius 3 is 2.06 bits per heavy atom. The number of carbonyl (C=O) groups is 4. The van der Waals surface area contributed by atoms with Gasteiger partial charge in [-0.15, -0.1) is 0 Å². The summed E-state index contributed by atoms with van der Waals surface area (Å²) in [6.45, 7) is 27.5. The third kappa shape index (κ3) is 5.47. The lowest BCUT2D eigenvalue weighted by molar-refractivity contribution is -0.233. The SMILES string of the molecule is CCC(=O)[C@@]12CC[C@]3(C)[C@H](CC[C@@H]4[C@@]5(C)CC[C@H](OC(=O)CC(C)(C)C(=O)OC(C)(C)C)C(C)(C)[C@@H]5CC[C@]43C)C1=C(C(C)C)C(=O)C2. The zero-order valence-corrected chi connectivity index (χ0v) is 32.6. The van der Waals surface area contributed by atoms with Crippen molar-refractivity contribution in [3.05, 3.63) is 11.1 Å². The van der Waals surface area contributed by atoms with Crippen molar-refractivity contribution < 1.29 is 28.7 Å². The van der Waals surface area contributed by atoms with Gasteiger partial charge in [0.2, 0.25) is 0 Å². The standard InChI is InChI=1S/C42H66O6/c1-14-30(44)42-22-21-40(12)26(34(42)33(25(2)3)27(43)23-42)15-16-29-39(11)19-18-31(38(9,10)28(39)17-20-41(29,40)13)47-32(45)24-37(7,8)35(46)48-36(4,5)6/h25-26,28-29,31H,14-24H2,1-13H3/t26-,28+,29-,31+,39+,40-,41-,42+/m1/s1. The third-order valence-corrected chi connectivity index (χ3v) is 15.0. The quantitative estimate of drug-likeness (QED) is 0.252. The highest BCUT2D eigenvalue weighted by Crippen LogP contribution is 2.76. The molecule has 0 aromatic rings. The Morgan fingerprint density at radius 2 is 1.48 bits per heavy atom. The molecular formula is C42H66O6. The first-order valence-corrected chi connectivity index (χ1v) is 19.2. The number of hydrogen-bond donors (Lipinski definition) is 0. The molecule has 270 valence electrons. The Kier molecular flexibility index (Phi) is 9.16. The van der Waals surface area contributed by atoms with Gasteiger partial charge in [0.1, 0.15) is 17.5 Å². The molecule has 0 unspecified atom stereocenters. The van der Waals surface area contributed by atoms with E-state index in [0.717, 1.165) is 56.9 Å². The number of esters is 2.